The van der Waals surface area contributed by atoms with Crippen LogP contribution in [0.3, 0.4) is 0 Å². The Morgan fingerprint density at radius 1 is 0.778 bits per heavy atom. The Bertz CT molecular complexity index is 935. The van der Waals surface area contributed by atoms with E-state index >= 15 is 0 Å². The molecule has 2 aromatic rings. The lowest BCUT2D eigenvalue weighted by atomic mass is 10.1. The summed E-state index contributed by atoms with van der Waals surface area (Å²) in [7, 11) is 4.31. The minimum Gasteiger partial charge on any atom is -0.494 e. The van der Waals surface area contributed by atoms with Gasteiger partial charge in [0.15, 0.2) is 5.76 Å². The van der Waals surface area contributed by atoms with E-state index in [0.29, 0.717) is 19.0 Å². The van der Waals surface area contributed by atoms with Gasteiger partial charge in [-0.05, 0) is 95.2 Å². The molecule has 0 heterocycles. The van der Waals surface area contributed by atoms with Crippen molar-refractivity contribution in [3.63, 3.8) is 0 Å². The molecule has 36 heavy (non-hydrogen) atoms. The van der Waals surface area contributed by atoms with Crippen LogP contribution >= 0.6 is 0 Å². The predicted molar refractivity (Wildman–Crippen MR) is 151 cm³/mol. The van der Waals surface area contributed by atoms with Crippen molar-refractivity contribution >= 4 is 5.76 Å². The molecular formula is C31H46N2O3. The molecule has 0 saturated heterocycles. The van der Waals surface area contributed by atoms with E-state index in [4.69, 9.17) is 14.2 Å². The largest absolute Gasteiger partial charge is 0.494 e. The molecule has 0 unspecified atom stereocenters. The summed E-state index contributed by atoms with van der Waals surface area (Å²) in [6, 6.07) is 14.0. The molecule has 0 fully saturated rings. The maximum Gasteiger partial charge on any atom is 0.176 e. The summed E-state index contributed by atoms with van der Waals surface area (Å²) < 4.78 is 18.2. The zero-order chi connectivity index (χ0) is 26.2. The van der Waals surface area contributed by atoms with Crippen molar-refractivity contribution in [3.8, 4) is 17.2 Å². The van der Waals surface area contributed by atoms with Crippen molar-refractivity contribution in [2.24, 2.45) is 0 Å². The van der Waals surface area contributed by atoms with Crippen LogP contribution in [0.15, 0.2) is 54.8 Å². The first-order valence-corrected chi connectivity index (χ1v) is 13.4. The van der Waals surface area contributed by atoms with E-state index in [1.165, 1.54) is 12.8 Å². The van der Waals surface area contributed by atoms with Crippen LogP contribution < -0.4 is 14.2 Å². The lowest BCUT2D eigenvalue weighted by Gasteiger charge is -2.17. The molecule has 0 aromatic heterocycles. The molecule has 2 aromatic carbocycles. The molecule has 0 spiro atoms. The quantitative estimate of drug-likeness (QED) is 0.131. The number of aryl methyl sites for hydroxylation is 1. The maximum atomic E-state index is 6.29. The van der Waals surface area contributed by atoms with Crippen LogP contribution in [0.1, 0.15) is 57.6 Å². The Balaban J connectivity index is 1.94. The number of hydrogen-bond acceptors (Lipinski definition) is 5. The van der Waals surface area contributed by atoms with Gasteiger partial charge in [0.25, 0.3) is 0 Å². The fourth-order valence-corrected chi connectivity index (χ4v) is 4.06. The molecule has 5 heteroatoms. The second-order valence-electron chi connectivity index (χ2n) is 9.27. The first-order chi connectivity index (χ1) is 17.5. The smallest absolute Gasteiger partial charge is 0.176 e. The Kier molecular flexibility index (Phi) is 13.8. The van der Waals surface area contributed by atoms with Crippen LogP contribution in [0.25, 0.3) is 5.76 Å². The summed E-state index contributed by atoms with van der Waals surface area (Å²) in [6.45, 7) is 16.1. The number of benzene rings is 2. The summed E-state index contributed by atoms with van der Waals surface area (Å²) in [4.78, 5) is 4.67. The Labute approximate surface area is 219 Å². The van der Waals surface area contributed by atoms with Crippen LogP contribution in [0.5, 0.6) is 17.2 Å². The van der Waals surface area contributed by atoms with E-state index in [2.05, 4.69) is 63.0 Å². The summed E-state index contributed by atoms with van der Waals surface area (Å²) in [5.74, 6) is 3.04. The Hall–Kier alpha value is -2.72. The summed E-state index contributed by atoms with van der Waals surface area (Å²) in [6.07, 6.45) is 5.20. The van der Waals surface area contributed by atoms with Gasteiger partial charge >= 0.3 is 0 Å². The lowest BCUT2D eigenvalue weighted by molar-refractivity contribution is 0.262. The third kappa shape index (κ3) is 10.5. The van der Waals surface area contributed by atoms with Crippen molar-refractivity contribution in [2.75, 3.05) is 53.5 Å². The first-order valence-electron chi connectivity index (χ1n) is 13.4. The second kappa shape index (κ2) is 16.9. The van der Waals surface area contributed by atoms with Crippen LogP contribution in [-0.2, 0) is 6.42 Å². The normalized spacial score (nSPS) is 11.0. The third-order valence-electron chi connectivity index (χ3n) is 6.03. The lowest BCUT2D eigenvalue weighted by Crippen LogP contribution is -2.21. The van der Waals surface area contributed by atoms with Crippen molar-refractivity contribution in [1.29, 1.82) is 0 Å². The molecular weight excluding hydrogens is 448 g/mol. The van der Waals surface area contributed by atoms with Gasteiger partial charge < -0.3 is 24.0 Å². The highest BCUT2D eigenvalue weighted by Crippen LogP contribution is 2.30. The van der Waals surface area contributed by atoms with Crippen molar-refractivity contribution < 1.29 is 14.2 Å². The second-order valence-corrected chi connectivity index (χ2v) is 9.27. The van der Waals surface area contributed by atoms with Crippen LogP contribution in [0.4, 0.5) is 0 Å². The van der Waals surface area contributed by atoms with E-state index < -0.39 is 0 Å². The van der Waals surface area contributed by atoms with Gasteiger partial charge in [0.2, 0.25) is 0 Å². The number of nitrogens with zero attached hydrogens (tertiary/aromatic N) is 2. The van der Waals surface area contributed by atoms with Gasteiger partial charge in [0.1, 0.15) is 17.2 Å². The predicted octanol–water partition coefficient (Wildman–Crippen LogP) is 6.68. The Morgan fingerprint density at radius 3 is 1.86 bits per heavy atom. The maximum absolute atomic E-state index is 6.29. The molecule has 5 nitrogen and oxygen atoms in total. The summed E-state index contributed by atoms with van der Waals surface area (Å²) >= 11 is 0. The highest BCUT2D eigenvalue weighted by atomic mass is 16.5. The van der Waals surface area contributed by atoms with E-state index in [1.54, 1.807) is 0 Å². The van der Waals surface area contributed by atoms with E-state index in [-0.39, 0.29) is 0 Å². The molecule has 0 atom stereocenters. The number of rotatable bonds is 18. The van der Waals surface area contributed by atoms with Crippen molar-refractivity contribution in [2.45, 2.75) is 52.9 Å². The molecule has 198 valence electrons. The summed E-state index contributed by atoms with van der Waals surface area (Å²) in [5.41, 5.74) is 4.99. The molecule has 0 amide bonds. The van der Waals surface area contributed by atoms with E-state index in [0.717, 1.165) is 73.8 Å². The van der Waals surface area contributed by atoms with Gasteiger partial charge in [0.05, 0.1) is 13.2 Å². The molecule has 0 aliphatic rings. The standard InChI is InChI=1S/C31H46N2O3/c1-7-19-32(5)21-11-23-34-28-16-14-27(15-17-28)30(10-4)36-31-25-29(18-13-26(31)9-3)35-24-12-22-33(6)20-8-2/h13-18,25H,4,7-9,11-12,19-24H2,1-3,5-6H3. The van der Waals surface area contributed by atoms with Crippen LogP contribution in [0.2, 0.25) is 0 Å². The average molecular weight is 495 g/mol. The highest BCUT2D eigenvalue weighted by Gasteiger charge is 2.10. The fourth-order valence-electron chi connectivity index (χ4n) is 4.06. The minimum atomic E-state index is 0.593. The van der Waals surface area contributed by atoms with Crippen molar-refractivity contribution in [1.82, 2.24) is 9.80 Å². The average Bonchev–Trinajstić information content (AvgIpc) is 2.88. The van der Waals surface area contributed by atoms with Gasteiger partial charge in [-0.25, -0.2) is 0 Å². The van der Waals surface area contributed by atoms with Gasteiger partial charge in [-0.15, -0.1) is 0 Å². The first kappa shape index (κ1) is 29.5. The fraction of sp³-hybridized carbons (Fsp3) is 0.516. The van der Waals surface area contributed by atoms with Crippen LogP contribution in [0, 0.1) is 0 Å². The number of hydrogen-bond donors (Lipinski definition) is 0. The van der Waals surface area contributed by atoms with Gasteiger partial charge in [-0.3, -0.25) is 0 Å². The Morgan fingerprint density at radius 2 is 1.33 bits per heavy atom. The zero-order valence-electron chi connectivity index (χ0n) is 23.1. The molecule has 0 aliphatic heterocycles. The molecule has 0 aliphatic carbocycles. The molecule has 0 N–H and O–H groups in total. The molecule has 0 saturated carbocycles. The third-order valence-corrected chi connectivity index (χ3v) is 6.03. The van der Waals surface area contributed by atoms with Crippen molar-refractivity contribution in [3.05, 3.63) is 65.9 Å². The van der Waals surface area contributed by atoms with Gasteiger partial charge in [0, 0.05) is 24.7 Å². The minimum absolute atomic E-state index is 0.593. The van der Waals surface area contributed by atoms with Gasteiger partial charge in [-0.2, -0.15) is 0 Å². The monoisotopic (exact) mass is 494 g/mol. The summed E-state index contributed by atoms with van der Waals surface area (Å²) in [5, 5.41) is 0. The molecule has 0 radical (unpaired) electrons. The topological polar surface area (TPSA) is 34.2 Å². The SMILES string of the molecule is C=C=C(Oc1cc(OCCCN(C)CCC)ccc1CC)c1ccc(OCCCN(C)CCC)cc1. The van der Waals surface area contributed by atoms with Crippen LogP contribution in [-0.4, -0.2) is 63.3 Å². The molecule has 2 rings (SSSR count). The van der Waals surface area contributed by atoms with Gasteiger partial charge in [-0.1, -0.05) is 39.1 Å². The highest BCUT2D eigenvalue weighted by molar-refractivity contribution is 5.62. The molecule has 0 bridgehead atoms. The number of ether oxygens (including phenoxy) is 3. The van der Waals surface area contributed by atoms with E-state index in [9.17, 15) is 0 Å². The van der Waals surface area contributed by atoms with E-state index in [1.807, 2.05) is 36.4 Å². The zero-order valence-corrected chi connectivity index (χ0v) is 23.1.